The van der Waals surface area contributed by atoms with Gasteiger partial charge in [-0.3, -0.25) is 9.59 Å². The summed E-state index contributed by atoms with van der Waals surface area (Å²) < 4.78 is 6.23. The number of hydrogen-bond acceptors (Lipinski definition) is 3. The molecule has 0 heterocycles. The third-order valence-electron chi connectivity index (χ3n) is 6.79. The van der Waals surface area contributed by atoms with Crippen LogP contribution in [-0.2, 0) is 14.9 Å². The Morgan fingerprint density at radius 2 is 1.60 bits per heavy atom. The number of esters is 1. The second kappa shape index (κ2) is 9.59. The molecule has 3 heteroatoms. The van der Waals surface area contributed by atoms with Crippen LogP contribution in [0.5, 0.6) is 0 Å². The molecule has 3 rings (SSSR count). The van der Waals surface area contributed by atoms with Gasteiger partial charge in [0.05, 0.1) is 0 Å². The number of ether oxygens (including phenoxy) is 1. The molecule has 0 aliphatic heterocycles. The standard InChI is InChI=1S/C27H34O3/c1-5-27(22-14-10-7-11-15-22,25(28)21-12-8-6-9-13-21)26(29)30-24-18-20(4)16-17-23(24)19(2)3/h6-15,19-20,23-24H,5,16-18H2,1-4H3/t20-,23-,24+,27+/m0/s1. The van der Waals surface area contributed by atoms with E-state index in [1.807, 2.05) is 55.5 Å². The van der Waals surface area contributed by atoms with E-state index in [-0.39, 0.29) is 11.9 Å². The monoisotopic (exact) mass is 406 g/mol. The summed E-state index contributed by atoms with van der Waals surface area (Å²) in [6.07, 6.45) is 3.31. The maximum Gasteiger partial charge on any atom is 0.324 e. The molecule has 1 fully saturated rings. The maximum absolute atomic E-state index is 13.8. The predicted molar refractivity (Wildman–Crippen MR) is 120 cm³/mol. The van der Waals surface area contributed by atoms with Crippen LogP contribution in [0.1, 0.15) is 69.3 Å². The fourth-order valence-corrected chi connectivity index (χ4v) is 4.90. The lowest BCUT2D eigenvalue weighted by Crippen LogP contribution is -2.48. The third-order valence-corrected chi connectivity index (χ3v) is 6.79. The Hall–Kier alpha value is -2.42. The number of ketones is 1. The molecule has 1 saturated carbocycles. The van der Waals surface area contributed by atoms with E-state index in [0.29, 0.717) is 35.3 Å². The van der Waals surface area contributed by atoms with Crippen molar-refractivity contribution in [3.63, 3.8) is 0 Å². The van der Waals surface area contributed by atoms with Crippen molar-refractivity contribution in [1.82, 2.24) is 0 Å². The number of carbonyl (C=O) groups is 2. The van der Waals surface area contributed by atoms with Gasteiger partial charge < -0.3 is 4.74 Å². The van der Waals surface area contributed by atoms with Crippen molar-refractivity contribution < 1.29 is 14.3 Å². The third kappa shape index (κ3) is 4.35. The molecule has 3 nitrogen and oxygen atoms in total. The predicted octanol–water partition coefficient (Wildman–Crippen LogP) is 6.22. The smallest absolute Gasteiger partial charge is 0.324 e. The van der Waals surface area contributed by atoms with Crippen LogP contribution >= 0.6 is 0 Å². The molecule has 0 unspecified atom stereocenters. The minimum absolute atomic E-state index is 0.139. The summed E-state index contributed by atoms with van der Waals surface area (Å²) in [4.78, 5) is 27.6. The molecule has 30 heavy (non-hydrogen) atoms. The highest BCUT2D eigenvalue weighted by Gasteiger charge is 2.49. The molecule has 0 aromatic heterocycles. The van der Waals surface area contributed by atoms with Gasteiger partial charge in [0.15, 0.2) is 11.2 Å². The summed E-state index contributed by atoms with van der Waals surface area (Å²) in [5.74, 6) is 0.701. The molecule has 0 N–H and O–H groups in total. The normalized spacial score (nSPS) is 23.6. The second-order valence-corrected chi connectivity index (χ2v) is 9.09. The number of rotatable bonds is 7. The van der Waals surface area contributed by atoms with E-state index in [0.717, 1.165) is 19.3 Å². The van der Waals surface area contributed by atoms with Crippen LogP contribution in [0.4, 0.5) is 0 Å². The molecule has 4 atom stereocenters. The molecular formula is C27H34O3. The zero-order valence-corrected chi connectivity index (χ0v) is 18.6. The Labute approximate surface area is 180 Å². The van der Waals surface area contributed by atoms with Crippen molar-refractivity contribution in [1.29, 1.82) is 0 Å². The molecule has 0 amide bonds. The first kappa shape index (κ1) is 22.3. The fourth-order valence-electron chi connectivity index (χ4n) is 4.90. The highest BCUT2D eigenvalue weighted by molar-refractivity contribution is 6.17. The first-order chi connectivity index (χ1) is 14.4. The van der Waals surface area contributed by atoms with Gasteiger partial charge in [0, 0.05) is 5.56 Å². The van der Waals surface area contributed by atoms with Crippen molar-refractivity contribution in [2.24, 2.45) is 17.8 Å². The van der Waals surface area contributed by atoms with E-state index in [1.54, 1.807) is 12.1 Å². The van der Waals surface area contributed by atoms with E-state index < -0.39 is 11.4 Å². The van der Waals surface area contributed by atoms with E-state index in [4.69, 9.17) is 4.74 Å². The highest BCUT2D eigenvalue weighted by atomic mass is 16.5. The van der Waals surface area contributed by atoms with Crippen molar-refractivity contribution in [3.05, 3.63) is 71.8 Å². The molecule has 0 bridgehead atoms. The maximum atomic E-state index is 13.8. The van der Waals surface area contributed by atoms with Crippen molar-refractivity contribution >= 4 is 11.8 Å². The number of benzene rings is 2. The average Bonchev–Trinajstić information content (AvgIpc) is 2.76. The van der Waals surface area contributed by atoms with Gasteiger partial charge in [-0.2, -0.15) is 0 Å². The summed E-state index contributed by atoms with van der Waals surface area (Å²) in [6, 6.07) is 18.5. The topological polar surface area (TPSA) is 43.4 Å². The van der Waals surface area contributed by atoms with Crippen molar-refractivity contribution in [2.75, 3.05) is 0 Å². The molecule has 1 aliphatic carbocycles. The molecule has 0 radical (unpaired) electrons. The summed E-state index contributed by atoms with van der Waals surface area (Å²) in [5.41, 5.74) is -0.0842. The van der Waals surface area contributed by atoms with Crippen LogP contribution in [0, 0.1) is 17.8 Å². The zero-order chi connectivity index (χ0) is 21.7. The highest BCUT2D eigenvalue weighted by Crippen LogP contribution is 2.39. The minimum Gasteiger partial charge on any atom is -0.461 e. The minimum atomic E-state index is -1.33. The van der Waals surface area contributed by atoms with Gasteiger partial charge in [0.2, 0.25) is 0 Å². The molecule has 2 aromatic rings. The van der Waals surface area contributed by atoms with E-state index in [2.05, 4.69) is 20.8 Å². The SMILES string of the molecule is CC[C@](C(=O)O[C@@H]1C[C@@H](C)CC[C@H]1C(C)C)(C(=O)c1ccccc1)c1ccccc1. The average molecular weight is 407 g/mol. The quantitative estimate of drug-likeness (QED) is 0.311. The zero-order valence-electron chi connectivity index (χ0n) is 18.6. The van der Waals surface area contributed by atoms with Gasteiger partial charge in [0.25, 0.3) is 0 Å². The van der Waals surface area contributed by atoms with Crippen LogP contribution in [0.3, 0.4) is 0 Å². The summed E-state index contributed by atoms with van der Waals surface area (Å²) in [6.45, 7) is 8.51. The van der Waals surface area contributed by atoms with E-state index >= 15 is 0 Å². The van der Waals surface area contributed by atoms with E-state index in [9.17, 15) is 9.59 Å². The Morgan fingerprint density at radius 3 is 2.17 bits per heavy atom. The lowest BCUT2D eigenvalue weighted by Gasteiger charge is -2.39. The summed E-state index contributed by atoms with van der Waals surface area (Å²) in [7, 11) is 0. The largest absolute Gasteiger partial charge is 0.461 e. The molecular weight excluding hydrogens is 372 g/mol. The first-order valence-electron chi connectivity index (χ1n) is 11.3. The van der Waals surface area contributed by atoms with Crippen LogP contribution in [0.25, 0.3) is 0 Å². The number of Topliss-reactive ketones (excluding diaryl/α,β-unsaturated/α-hetero) is 1. The van der Waals surface area contributed by atoms with Gasteiger partial charge in [-0.05, 0) is 42.6 Å². The Balaban J connectivity index is 2.01. The van der Waals surface area contributed by atoms with E-state index in [1.165, 1.54) is 0 Å². The second-order valence-electron chi connectivity index (χ2n) is 9.09. The molecule has 1 aliphatic rings. The van der Waals surface area contributed by atoms with Crippen LogP contribution in [0.15, 0.2) is 60.7 Å². The summed E-state index contributed by atoms with van der Waals surface area (Å²) >= 11 is 0. The lowest BCUT2D eigenvalue weighted by molar-refractivity contribution is -0.161. The number of hydrogen-bond donors (Lipinski definition) is 0. The van der Waals surface area contributed by atoms with Crippen LogP contribution in [-0.4, -0.2) is 17.9 Å². The molecule has 0 spiro atoms. The molecule has 2 aromatic carbocycles. The van der Waals surface area contributed by atoms with Gasteiger partial charge in [-0.25, -0.2) is 0 Å². The lowest BCUT2D eigenvalue weighted by atomic mass is 9.71. The molecule has 160 valence electrons. The van der Waals surface area contributed by atoms with Gasteiger partial charge in [-0.15, -0.1) is 0 Å². The van der Waals surface area contributed by atoms with Gasteiger partial charge >= 0.3 is 5.97 Å². The number of carbonyl (C=O) groups excluding carboxylic acids is 2. The van der Waals surface area contributed by atoms with Gasteiger partial charge in [-0.1, -0.05) is 94.8 Å². The van der Waals surface area contributed by atoms with Crippen molar-refractivity contribution in [2.45, 2.75) is 64.9 Å². The van der Waals surface area contributed by atoms with Gasteiger partial charge in [0.1, 0.15) is 6.10 Å². The van der Waals surface area contributed by atoms with Crippen LogP contribution < -0.4 is 0 Å². The Bertz CT molecular complexity index is 843. The molecule has 0 saturated heterocycles. The van der Waals surface area contributed by atoms with Crippen molar-refractivity contribution in [3.8, 4) is 0 Å². The fraction of sp³-hybridized carbons (Fsp3) is 0.481. The Kier molecular flexibility index (Phi) is 7.12. The Morgan fingerprint density at radius 1 is 1.00 bits per heavy atom. The summed E-state index contributed by atoms with van der Waals surface area (Å²) in [5, 5.41) is 0. The van der Waals surface area contributed by atoms with Crippen LogP contribution in [0.2, 0.25) is 0 Å². The first-order valence-corrected chi connectivity index (χ1v) is 11.3.